The van der Waals surface area contributed by atoms with Gasteiger partial charge in [-0.05, 0) is 30.5 Å². The highest BCUT2D eigenvalue weighted by molar-refractivity contribution is 14.0. The third-order valence-electron chi connectivity index (χ3n) is 4.22. The normalized spacial score (nSPS) is 16.1. The topological polar surface area (TPSA) is 55.3 Å². The molecule has 2 aliphatic rings. The average Bonchev–Trinajstić information content (AvgIpc) is 3.07. The number of hydrogen-bond donors (Lipinski definition) is 1. The summed E-state index contributed by atoms with van der Waals surface area (Å²) < 4.78 is 16.1. The van der Waals surface area contributed by atoms with Gasteiger partial charge in [0.15, 0.2) is 17.5 Å². The predicted octanol–water partition coefficient (Wildman–Crippen LogP) is 2.78. The summed E-state index contributed by atoms with van der Waals surface area (Å²) in [6, 6.07) is 6.04. The number of ether oxygens (including phenoxy) is 3. The van der Waals surface area contributed by atoms with E-state index in [1.54, 1.807) is 0 Å². The van der Waals surface area contributed by atoms with Gasteiger partial charge in [-0.25, -0.2) is 0 Å². The first-order chi connectivity index (χ1) is 11.8. The molecule has 3 rings (SSSR count). The largest absolute Gasteiger partial charge is 0.454 e. The number of nitrogens with zero attached hydrogens (tertiary/aromatic N) is 2. The van der Waals surface area contributed by atoms with E-state index in [1.165, 1.54) is 5.57 Å². The lowest BCUT2D eigenvalue weighted by Crippen LogP contribution is -2.39. The van der Waals surface area contributed by atoms with Crippen molar-refractivity contribution in [3.8, 4) is 11.5 Å². The number of benzene rings is 1. The Bertz CT molecular complexity index is 634. The van der Waals surface area contributed by atoms with Crippen molar-refractivity contribution in [1.29, 1.82) is 0 Å². The summed E-state index contributed by atoms with van der Waals surface area (Å²) in [5.41, 5.74) is 2.62. The zero-order chi connectivity index (χ0) is 16.8. The molecule has 1 aromatic rings. The summed E-state index contributed by atoms with van der Waals surface area (Å²) in [5, 5.41) is 3.43. The van der Waals surface area contributed by atoms with Crippen molar-refractivity contribution in [2.45, 2.75) is 19.4 Å². The maximum Gasteiger partial charge on any atom is 0.231 e. The number of halogens is 1. The molecule has 7 heteroatoms. The minimum absolute atomic E-state index is 0. The second-order valence-corrected chi connectivity index (χ2v) is 5.95. The van der Waals surface area contributed by atoms with E-state index >= 15 is 0 Å². The Hall–Kier alpha value is -1.48. The van der Waals surface area contributed by atoms with E-state index in [9.17, 15) is 0 Å². The molecule has 6 nitrogen and oxygen atoms in total. The highest BCUT2D eigenvalue weighted by Crippen LogP contribution is 2.32. The zero-order valence-corrected chi connectivity index (χ0v) is 17.1. The second kappa shape index (κ2) is 9.86. The van der Waals surface area contributed by atoms with Crippen molar-refractivity contribution >= 4 is 29.9 Å². The standard InChI is InChI=1S/C18H25N3O3.HI/c1-19-18(20-8-5-14-6-9-22-10-7-14)21(2)12-15-3-4-16-17(11-15)24-13-23-16;/h3-4,6,11H,5,7-10,12-13H2,1-2H3,(H,19,20);1H. The van der Waals surface area contributed by atoms with Crippen molar-refractivity contribution in [3.63, 3.8) is 0 Å². The molecule has 1 N–H and O–H groups in total. The van der Waals surface area contributed by atoms with Crippen LogP contribution in [0.2, 0.25) is 0 Å². The van der Waals surface area contributed by atoms with Crippen molar-refractivity contribution in [1.82, 2.24) is 10.2 Å². The summed E-state index contributed by atoms with van der Waals surface area (Å²) in [7, 11) is 3.85. The van der Waals surface area contributed by atoms with Gasteiger partial charge in [0.05, 0.1) is 13.2 Å². The summed E-state index contributed by atoms with van der Waals surface area (Å²) in [4.78, 5) is 6.48. The van der Waals surface area contributed by atoms with Crippen LogP contribution in [0.15, 0.2) is 34.8 Å². The molecule has 0 radical (unpaired) electrons. The van der Waals surface area contributed by atoms with E-state index in [0.29, 0.717) is 6.79 Å². The van der Waals surface area contributed by atoms with Gasteiger partial charge in [-0.2, -0.15) is 0 Å². The quantitative estimate of drug-likeness (QED) is 0.318. The molecule has 25 heavy (non-hydrogen) atoms. The van der Waals surface area contributed by atoms with Gasteiger partial charge >= 0.3 is 0 Å². The lowest BCUT2D eigenvalue weighted by molar-refractivity contribution is 0.153. The summed E-state index contributed by atoms with van der Waals surface area (Å²) in [6.45, 7) is 3.52. The van der Waals surface area contributed by atoms with Gasteiger partial charge in [0.2, 0.25) is 6.79 Å². The molecular formula is C18H26IN3O3. The van der Waals surface area contributed by atoms with Gasteiger partial charge in [-0.1, -0.05) is 17.7 Å². The molecule has 2 heterocycles. The molecule has 0 aliphatic carbocycles. The van der Waals surface area contributed by atoms with E-state index in [2.05, 4.69) is 27.4 Å². The van der Waals surface area contributed by atoms with Gasteiger partial charge < -0.3 is 24.4 Å². The van der Waals surface area contributed by atoms with Crippen LogP contribution in [0.3, 0.4) is 0 Å². The second-order valence-electron chi connectivity index (χ2n) is 5.95. The van der Waals surface area contributed by atoms with Crippen LogP contribution in [0.1, 0.15) is 18.4 Å². The van der Waals surface area contributed by atoms with Crippen LogP contribution in [0.4, 0.5) is 0 Å². The van der Waals surface area contributed by atoms with Crippen molar-refractivity contribution in [2.24, 2.45) is 4.99 Å². The Morgan fingerprint density at radius 2 is 2.12 bits per heavy atom. The summed E-state index contributed by atoms with van der Waals surface area (Å²) in [6.07, 6.45) is 4.25. The van der Waals surface area contributed by atoms with E-state index in [0.717, 1.165) is 62.2 Å². The number of fused-ring (bicyclic) bond motifs is 1. The molecule has 0 spiro atoms. The van der Waals surface area contributed by atoms with Crippen LogP contribution in [0.5, 0.6) is 11.5 Å². The van der Waals surface area contributed by atoms with Crippen LogP contribution in [0, 0.1) is 0 Å². The molecule has 138 valence electrons. The highest BCUT2D eigenvalue weighted by Gasteiger charge is 2.14. The fourth-order valence-electron chi connectivity index (χ4n) is 2.90. The Morgan fingerprint density at radius 1 is 1.28 bits per heavy atom. The average molecular weight is 459 g/mol. The fraction of sp³-hybridized carbons (Fsp3) is 0.500. The smallest absolute Gasteiger partial charge is 0.231 e. The molecule has 0 saturated carbocycles. The van der Waals surface area contributed by atoms with E-state index < -0.39 is 0 Å². The van der Waals surface area contributed by atoms with Crippen LogP contribution >= 0.6 is 24.0 Å². The third kappa shape index (κ3) is 5.50. The lowest BCUT2D eigenvalue weighted by atomic mass is 10.1. The Balaban J connectivity index is 0.00000225. The first-order valence-electron chi connectivity index (χ1n) is 8.32. The molecule has 0 aromatic heterocycles. The van der Waals surface area contributed by atoms with Crippen molar-refractivity contribution in [3.05, 3.63) is 35.4 Å². The first-order valence-corrected chi connectivity index (χ1v) is 8.32. The molecule has 2 aliphatic heterocycles. The highest BCUT2D eigenvalue weighted by atomic mass is 127. The monoisotopic (exact) mass is 459 g/mol. The lowest BCUT2D eigenvalue weighted by Gasteiger charge is -2.23. The molecular weight excluding hydrogens is 433 g/mol. The van der Waals surface area contributed by atoms with Crippen molar-refractivity contribution < 1.29 is 14.2 Å². The fourth-order valence-corrected chi connectivity index (χ4v) is 2.90. The maximum atomic E-state index is 5.44. The third-order valence-corrected chi connectivity index (χ3v) is 4.22. The molecule has 0 unspecified atom stereocenters. The van der Waals surface area contributed by atoms with Gasteiger partial charge in [0.1, 0.15) is 0 Å². The van der Waals surface area contributed by atoms with Gasteiger partial charge in [-0.15, -0.1) is 24.0 Å². The molecule has 0 atom stereocenters. The predicted molar refractivity (Wildman–Crippen MR) is 109 cm³/mol. The number of guanidine groups is 1. The van der Waals surface area contributed by atoms with Crippen molar-refractivity contribution in [2.75, 3.05) is 40.6 Å². The minimum atomic E-state index is 0. The molecule has 0 amide bonds. The van der Waals surface area contributed by atoms with E-state index in [1.807, 2.05) is 26.2 Å². The SMILES string of the molecule is CN=C(NCCC1=CCOCC1)N(C)Cc1ccc2c(c1)OCO2.I. The van der Waals surface area contributed by atoms with Crippen LogP contribution in [-0.4, -0.2) is 51.5 Å². The molecule has 0 saturated heterocycles. The van der Waals surface area contributed by atoms with Gasteiger partial charge in [-0.3, -0.25) is 4.99 Å². The number of hydrogen-bond acceptors (Lipinski definition) is 4. The molecule has 0 bridgehead atoms. The Morgan fingerprint density at radius 3 is 2.88 bits per heavy atom. The Labute approximate surface area is 166 Å². The minimum Gasteiger partial charge on any atom is -0.454 e. The Kier molecular flexibility index (Phi) is 7.83. The summed E-state index contributed by atoms with van der Waals surface area (Å²) in [5.74, 6) is 2.52. The summed E-state index contributed by atoms with van der Waals surface area (Å²) >= 11 is 0. The van der Waals surface area contributed by atoms with Crippen LogP contribution in [0.25, 0.3) is 0 Å². The van der Waals surface area contributed by atoms with E-state index in [4.69, 9.17) is 14.2 Å². The maximum absolute atomic E-state index is 5.44. The molecule has 0 fully saturated rings. The first kappa shape index (κ1) is 19.8. The number of rotatable bonds is 5. The van der Waals surface area contributed by atoms with Gasteiger partial charge in [0.25, 0.3) is 0 Å². The van der Waals surface area contributed by atoms with Crippen LogP contribution in [-0.2, 0) is 11.3 Å². The van der Waals surface area contributed by atoms with Crippen LogP contribution < -0.4 is 14.8 Å². The van der Waals surface area contributed by atoms with Gasteiger partial charge in [0, 0.05) is 27.2 Å². The zero-order valence-electron chi connectivity index (χ0n) is 14.8. The molecule has 1 aromatic carbocycles. The van der Waals surface area contributed by atoms with E-state index in [-0.39, 0.29) is 24.0 Å². The number of aliphatic imine (C=N–C) groups is 1. The number of nitrogens with one attached hydrogen (secondary N) is 1.